The Morgan fingerprint density at radius 2 is 1.85 bits per heavy atom. The van der Waals surface area contributed by atoms with E-state index >= 15 is 0 Å². The number of rotatable bonds is 3. The summed E-state index contributed by atoms with van der Waals surface area (Å²) < 4.78 is 10.1. The molecule has 5 nitrogen and oxygen atoms in total. The van der Waals surface area contributed by atoms with Crippen molar-refractivity contribution in [3.63, 3.8) is 0 Å². The van der Waals surface area contributed by atoms with Gasteiger partial charge in [-0.25, -0.2) is 9.59 Å². The molecule has 0 saturated heterocycles. The molecule has 1 rings (SSSR count). The highest BCUT2D eigenvalue weighted by Crippen LogP contribution is 2.31. The van der Waals surface area contributed by atoms with Crippen LogP contribution in [0.5, 0.6) is 11.5 Å². The number of benzene rings is 1. The van der Waals surface area contributed by atoms with Gasteiger partial charge in [0.1, 0.15) is 11.2 Å². The lowest BCUT2D eigenvalue weighted by molar-refractivity contribution is -0.130. The number of para-hydroxylation sites is 1. The summed E-state index contributed by atoms with van der Waals surface area (Å²) in [5.41, 5.74) is -0.563. The predicted molar refractivity (Wildman–Crippen MR) is 73.7 cm³/mol. The van der Waals surface area contributed by atoms with Crippen LogP contribution in [0.4, 0.5) is 0 Å². The Morgan fingerprint density at radius 1 is 1.25 bits per heavy atom. The molecule has 0 atom stereocenters. The summed E-state index contributed by atoms with van der Waals surface area (Å²) in [5.74, 6) is -1.91. The van der Waals surface area contributed by atoms with Crippen molar-refractivity contribution in [3.8, 4) is 11.5 Å². The van der Waals surface area contributed by atoms with Crippen LogP contribution in [0.15, 0.2) is 30.4 Å². The molecule has 0 aromatic heterocycles. The molecule has 108 valence electrons. The molecule has 5 heteroatoms. The fourth-order valence-electron chi connectivity index (χ4n) is 1.29. The molecule has 1 N–H and O–H groups in total. The van der Waals surface area contributed by atoms with Crippen LogP contribution in [0.25, 0.3) is 0 Å². The van der Waals surface area contributed by atoms with Gasteiger partial charge in [-0.1, -0.05) is 12.6 Å². The summed E-state index contributed by atoms with van der Waals surface area (Å²) in [5, 5.41) is 9.98. The molecule has 1 aromatic carbocycles. The van der Waals surface area contributed by atoms with Crippen LogP contribution in [0.1, 0.15) is 38.1 Å². The van der Waals surface area contributed by atoms with Gasteiger partial charge >= 0.3 is 11.9 Å². The number of hydrogen-bond acceptors (Lipinski definition) is 5. The van der Waals surface area contributed by atoms with Crippen LogP contribution in [-0.4, -0.2) is 22.6 Å². The molecule has 0 aliphatic rings. The van der Waals surface area contributed by atoms with Gasteiger partial charge in [-0.3, -0.25) is 0 Å². The SMILES string of the molecule is C=C(C)C(=O)Oc1cccc(C(=O)OC(C)(C)C)c1O. The minimum Gasteiger partial charge on any atom is -0.504 e. The van der Waals surface area contributed by atoms with Crippen LogP contribution < -0.4 is 4.74 Å². The summed E-state index contributed by atoms with van der Waals surface area (Å²) in [6.07, 6.45) is 0. The standard InChI is InChI=1S/C15H18O5/c1-9(2)13(17)19-11-8-6-7-10(12(11)16)14(18)20-15(3,4)5/h6-8,16H,1H2,2-5H3. The minimum absolute atomic E-state index is 0.0630. The Bertz CT molecular complexity index is 552. The van der Waals surface area contributed by atoms with E-state index in [0.717, 1.165) is 0 Å². The van der Waals surface area contributed by atoms with E-state index in [-0.39, 0.29) is 16.9 Å². The number of carbonyl (C=O) groups excluding carboxylic acids is 2. The third-order valence-corrected chi connectivity index (χ3v) is 2.17. The van der Waals surface area contributed by atoms with Crippen LogP contribution in [-0.2, 0) is 9.53 Å². The number of carbonyl (C=O) groups is 2. The Hall–Kier alpha value is -2.30. The van der Waals surface area contributed by atoms with Gasteiger partial charge in [0, 0.05) is 5.57 Å². The predicted octanol–water partition coefficient (Wildman–Crippen LogP) is 2.83. The Balaban J connectivity index is 3.04. The number of phenols is 1. The van der Waals surface area contributed by atoms with Crippen molar-refractivity contribution >= 4 is 11.9 Å². The van der Waals surface area contributed by atoms with Gasteiger partial charge in [-0.15, -0.1) is 0 Å². The van der Waals surface area contributed by atoms with Crippen LogP contribution in [0.2, 0.25) is 0 Å². The second-order valence-corrected chi connectivity index (χ2v) is 5.32. The molecule has 0 bridgehead atoms. The summed E-state index contributed by atoms with van der Waals surface area (Å²) in [6, 6.07) is 4.26. The first kappa shape index (κ1) is 15.8. The monoisotopic (exact) mass is 278 g/mol. The summed E-state index contributed by atoms with van der Waals surface area (Å²) >= 11 is 0. The highest BCUT2D eigenvalue weighted by atomic mass is 16.6. The zero-order chi connectivity index (χ0) is 15.5. The zero-order valence-electron chi connectivity index (χ0n) is 12.0. The number of ether oxygens (including phenoxy) is 2. The molecule has 0 radical (unpaired) electrons. The van der Waals surface area contributed by atoms with Crippen molar-refractivity contribution in [2.45, 2.75) is 33.3 Å². The van der Waals surface area contributed by atoms with Gasteiger partial charge in [0.25, 0.3) is 0 Å². The van der Waals surface area contributed by atoms with Crippen molar-refractivity contribution in [1.82, 2.24) is 0 Å². The average molecular weight is 278 g/mol. The highest BCUT2D eigenvalue weighted by molar-refractivity contribution is 5.95. The quantitative estimate of drug-likeness (QED) is 0.523. The first-order valence-electron chi connectivity index (χ1n) is 6.05. The van der Waals surface area contributed by atoms with E-state index in [0.29, 0.717) is 0 Å². The second-order valence-electron chi connectivity index (χ2n) is 5.32. The molecule has 1 aromatic rings. The Labute approximate surface area is 117 Å². The van der Waals surface area contributed by atoms with Crippen LogP contribution in [0, 0.1) is 0 Å². The normalized spacial score (nSPS) is 10.8. The Morgan fingerprint density at radius 3 is 2.35 bits per heavy atom. The first-order valence-corrected chi connectivity index (χ1v) is 6.05. The van der Waals surface area contributed by atoms with E-state index in [2.05, 4.69) is 6.58 Å². The smallest absolute Gasteiger partial charge is 0.342 e. The maximum atomic E-state index is 11.9. The molecule has 0 amide bonds. The zero-order valence-corrected chi connectivity index (χ0v) is 12.0. The van der Waals surface area contributed by atoms with Gasteiger partial charge in [0.05, 0.1) is 0 Å². The van der Waals surface area contributed by atoms with Gasteiger partial charge < -0.3 is 14.6 Å². The maximum absolute atomic E-state index is 11.9. The summed E-state index contributed by atoms with van der Waals surface area (Å²) in [7, 11) is 0. The molecule has 0 fully saturated rings. The van der Waals surface area contributed by atoms with E-state index in [9.17, 15) is 14.7 Å². The molecular formula is C15H18O5. The number of esters is 2. The first-order chi connectivity index (χ1) is 9.11. The number of aromatic hydroxyl groups is 1. The van der Waals surface area contributed by atoms with Gasteiger partial charge in [0.15, 0.2) is 11.5 Å². The van der Waals surface area contributed by atoms with Crippen molar-refractivity contribution in [3.05, 3.63) is 35.9 Å². The molecule has 0 saturated carbocycles. The van der Waals surface area contributed by atoms with Gasteiger partial charge in [-0.05, 0) is 39.8 Å². The molecule has 0 spiro atoms. The van der Waals surface area contributed by atoms with E-state index < -0.39 is 23.3 Å². The minimum atomic E-state index is -0.691. The molecule has 0 aliphatic carbocycles. The van der Waals surface area contributed by atoms with Crippen molar-refractivity contribution < 1.29 is 24.2 Å². The van der Waals surface area contributed by atoms with Crippen molar-refractivity contribution in [2.75, 3.05) is 0 Å². The van der Waals surface area contributed by atoms with Gasteiger partial charge in [0.2, 0.25) is 0 Å². The summed E-state index contributed by atoms with van der Waals surface area (Å²) in [4.78, 5) is 23.3. The van der Waals surface area contributed by atoms with Gasteiger partial charge in [-0.2, -0.15) is 0 Å². The highest BCUT2D eigenvalue weighted by Gasteiger charge is 2.23. The molecular weight excluding hydrogens is 260 g/mol. The Kier molecular flexibility index (Phi) is 4.55. The van der Waals surface area contributed by atoms with E-state index in [1.165, 1.54) is 25.1 Å². The second kappa shape index (κ2) is 5.77. The lowest BCUT2D eigenvalue weighted by atomic mass is 10.1. The van der Waals surface area contributed by atoms with Crippen LogP contribution >= 0.6 is 0 Å². The fourth-order valence-corrected chi connectivity index (χ4v) is 1.29. The van der Waals surface area contributed by atoms with E-state index in [1.807, 2.05) is 0 Å². The van der Waals surface area contributed by atoms with E-state index in [4.69, 9.17) is 9.47 Å². The average Bonchev–Trinajstić information content (AvgIpc) is 2.29. The number of hydrogen-bond donors (Lipinski definition) is 1. The van der Waals surface area contributed by atoms with Crippen molar-refractivity contribution in [1.29, 1.82) is 0 Å². The molecule has 0 aliphatic heterocycles. The molecule has 0 heterocycles. The third kappa shape index (κ3) is 4.12. The molecule has 20 heavy (non-hydrogen) atoms. The van der Waals surface area contributed by atoms with Crippen molar-refractivity contribution in [2.24, 2.45) is 0 Å². The van der Waals surface area contributed by atoms with Crippen LogP contribution in [0.3, 0.4) is 0 Å². The third-order valence-electron chi connectivity index (χ3n) is 2.17. The largest absolute Gasteiger partial charge is 0.504 e. The fraction of sp³-hybridized carbons (Fsp3) is 0.333. The lowest BCUT2D eigenvalue weighted by Crippen LogP contribution is -2.24. The maximum Gasteiger partial charge on any atom is 0.342 e. The molecule has 0 unspecified atom stereocenters. The van der Waals surface area contributed by atoms with E-state index in [1.54, 1.807) is 20.8 Å². The number of phenolic OH excluding ortho intramolecular Hbond substituents is 1. The lowest BCUT2D eigenvalue weighted by Gasteiger charge is -2.20. The summed E-state index contributed by atoms with van der Waals surface area (Å²) in [6.45, 7) is 10.1. The topological polar surface area (TPSA) is 72.8 Å².